The summed E-state index contributed by atoms with van der Waals surface area (Å²) in [7, 11) is -3.52. The number of anilines is 1. The minimum atomic E-state index is -3.52. The number of halogens is 1. The maximum absolute atomic E-state index is 12.6. The van der Waals surface area contributed by atoms with Gasteiger partial charge in [0.25, 0.3) is 0 Å². The summed E-state index contributed by atoms with van der Waals surface area (Å²) in [5, 5.41) is 7.89. The summed E-state index contributed by atoms with van der Waals surface area (Å²) in [6, 6.07) is 8.29. The number of amides is 1. The van der Waals surface area contributed by atoms with Crippen LogP contribution in [-0.2, 0) is 14.8 Å². The molecule has 1 aromatic heterocycles. The van der Waals surface area contributed by atoms with Gasteiger partial charge in [-0.1, -0.05) is 18.2 Å². The average molecular weight is 373 g/mol. The quantitative estimate of drug-likeness (QED) is 0.577. The Morgan fingerprint density at radius 3 is 2.50 bits per heavy atom. The van der Waals surface area contributed by atoms with Gasteiger partial charge in [0.05, 0.1) is 22.8 Å². The van der Waals surface area contributed by atoms with E-state index in [0.717, 1.165) is 0 Å². The lowest BCUT2D eigenvalue weighted by Crippen LogP contribution is -2.66. The zero-order chi connectivity index (χ0) is 17.2. The number of nitrogens with one attached hydrogen (secondary N) is 1. The van der Waals surface area contributed by atoms with Crippen molar-refractivity contribution >= 4 is 33.9 Å². The first kappa shape index (κ1) is 16.7. The van der Waals surface area contributed by atoms with Crippen LogP contribution in [0.15, 0.2) is 39.8 Å². The number of piperazine rings is 1. The second-order valence-corrected chi connectivity index (χ2v) is 7.31. The van der Waals surface area contributed by atoms with Gasteiger partial charge in [0.1, 0.15) is 0 Å². The fraction of sp³-hybridized carbons (Fsp3) is 0.308. The standard InChI is InChI=1S/C13H14ClN5O4S/c14-12-13(15-10-20)23-16-19(12)17-6-8-18(9-7-17)24(21,22)11-4-2-1-3-5-11/h1-5,10H,6-9H2/p+1. The molecule has 11 heteroatoms. The molecule has 1 aromatic carbocycles. The molecule has 0 radical (unpaired) electrons. The van der Waals surface area contributed by atoms with Crippen LogP contribution in [0.5, 0.6) is 0 Å². The normalized spacial score (nSPS) is 16.1. The van der Waals surface area contributed by atoms with Crippen molar-refractivity contribution in [3.8, 4) is 0 Å². The largest absolute Gasteiger partial charge is 0.399 e. The van der Waals surface area contributed by atoms with Crippen molar-refractivity contribution in [2.75, 3.05) is 36.5 Å². The molecule has 0 aliphatic carbocycles. The van der Waals surface area contributed by atoms with E-state index in [9.17, 15) is 13.2 Å². The minimum absolute atomic E-state index is 0.0333. The van der Waals surface area contributed by atoms with E-state index in [1.807, 2.05) is 0 Å². The van der Waals surface area contributed by atoms with Crippen LogP contribution in [0.25, 0.3) is 0 Å². The number of benzene rings is 1. The molecule has 3 rings (SSSR count). The smallest absolute Gasteiger partial charge is 0.290 e. The van der Waals surface area contributed by atoms with Crippen LogP contribution < -0.4 is 15.1 Å². The molecule has 1 aliphatic heterocycles. The summed E-state index contributed by atoms with van der Waals surface area (Å²) < 4.78 is 31.5. The fourth-order valence-corrected chi connectivity index (χ4v) is 4.08. The fourth-order valence-electron chi connectivity index (χ4n) is 2.41. The molecular weight excluding hydrogens is 358 g/mol. The van der Waals surface area contributed by atoms with Crippen LogP contribution in [0.3, 0.4) is 0 Å². The molecule has 1 aliphatic rings. The van der Waals surface area contributed by atoms with Gasteiger partial charge in [-0.15, -0.1) is 5.01 Å². The highest BCUT2D eigenvalue weighted by Gasteiger charge is 2.35. The zero-order valence-electron chi connectivity index (χ0n) is 12.5. The van der Waals surface area contributed by atoms with Crippen LogP contribution in [0.2, 0.25) is 5.15 Å². The third-order valence-electron chi connectivity index (χ3n) is 3.63. The molecule has 2 aromatic rings. The summed E-state index contributed by atoms with van der Waals surface area (Å²) in [4.78, 5) is 12.0. The lowest BCUT2D eigenvalue weighted by atomic mass is 10.4. The van der Waals surface area contributed by atoms with Gasteiger partial charge in [-0.05, 0) is 12.1 Å². The molecule has 0 saturated carbocycles. The number of nitrogens with zero attached hydrogens (tertiary/aromatic N) is 4. The Balaban J connectivity index is 1.71. The Hall–Kier alpha value is -2.17. The van der Waals surface area contributed by atoms with Gasteiger partial charge in [-0.3, -0.25) is 14.6 Å². The number of carbonyl (C=O) groups excluding carboxylic acids is 1. The molecule has 2 heterocycles. The summed E-state index contributed by atoms with van der Waals surface area (Å²) in [6.07, 6.45) is 0.432. The first-order valence-corrected chi connectivity index (χ1v) is 8.94. The average Bonchev–Trinajstić information content (AvgIpc) is 2.97. The molecular formula is C13H15ClN5O4S+. The molecule has 1 amide bonds. The monoisotopic (exact) mass is 372 g/mol. The van der Waals surface area contributed by atoms with Crippen molar-refractivity contribution < 1.29 is 22.5 Å². The Labute approximate surface area is 143 Å². The SMILES string of the molecule is O=CNc1on[n+](N2CCN(S(=O)(=O)c3ccccc3)CC2)c1Cl. The number of hydrogen-bond donors (Lipinski definition) is 1. The number of sulfonamides is 1. The topological polar surface area (TPSA) is 99.6 Å². The van der Waals surface area contributed by atoms with Crippen LogP contribution in [-0.4, -0.2) is 50.6 Å². The highest BCUT2D eigenvalue weighted by Crippen LogP contribution is 2.18. The van der Waals surface area contributed by atoms with Crippen molar-refractivity contribution in [1.29, 1.82) is 0 Å². The van der Waals surface area contributed by atoms with Gasteiger partial charge >= 0.3 is 11.0 Å². The second kappa shape index (κ2) is 6.75. The highest BCUT2D eigenvalue weighted by atomic mass is 35.5. The lowest BCUT2D eigenvalue weighted by molar-refractivity contribution is -0.757. The van der Waals surface area contributed by atoms with Crippen LogP contribution >= 0.6 is 11.6 Å². The Morgan fingerprint density at radius 2 is 1.88 bits per heavy atom. The van der Waals surface area contributed by atoms with E-state index in [1.165, 1.54) is 9.10 Å². The van der Waals surface area contributed by atoms with E-state index in [0.29, 0.717) is 19.5 Å². The summed E-state index contributed by atoms with van der Waals surface area (Å²) in [5.41, 5.74) is 0. The molecule has 128 valence electrons. The molecule has 9 nitrogen and oxygen atoms in total. The molecule has 0 spiro atoms. The van der Waals surface area contributed by atoms with Crippen LogP contribution in [0.1, 0.15) is 0 Å². The first-order chi connectivity index (χ1) is 11.5. The van der Waals surface area contributed by atoms with Crippen LogP contribution in [0, 0.1) is 0 Å². The van der Waals surface area contributed by atoms with E-state index in [-0.39, 0.29) is 29.0 Å². The Bertz CT molecular complexity index is 818. The molecule has 1 saturated heterocycles. The van der Waals surface area contributed by atoms with Crippen LogP contribution in [0.4, 0.5) is 5.88 Å². The molecule has 1 N–H and O–H groups in total. The third-order valence-corrected chi connectivity index (χ3v) is 5.86. The van der Waals surface area contributed by atoms with Gasteiger partial charge < -0.3 is 0 Å². The van der Waals surface area contributed by atoms with Crippen molar-refractivity contribution in [1.82, 2.24) is 9.58 Å². The summed E-state index contributed by atoms with van der Waals surface area (Å²) in [6.45, 7) is 1.32. The maximum Gasteiger partial charge on any atom is 0.399 e. The summed E-state index contributed by atoms with van der Waals surface area (Å²) >= 11 is 6.07. The van der Waals surface area contributed by atoms with E-state index in [2.05, 4.69) is 10.6 Å². The Kier molecular flexibility index (Phi) is 4.69. The predicted molar refractivity (Wildman–Crippen MR) is 84.5 cm³/mol. The molecule has 0 unspecified atom stereocenters. The number of rotatable bonds is 5. The van der Waals surface area contributed by atoms with E-state index in [1.54, 1.807) is 35.3 Å². The maximum atomic E-state index is 12.6. The molecule has 1 fully saturated rings. The van der Waals surface area contributed by atoms with Gasteiger partial charge in [-0.25, -0.2) is 8.42 Å². The van der Waals surface area contributed by atoms with Crippen molar-refractivity contribution in [2.45, 2.75) is 4.90 Å². The number of carbonyl (C=O) groups is 1. The third kappa shape index (κ3) is 3.07. The van der Waals surface area contributed by atoms with E-state index >= 15 is 0 Å². The molecule has 0 bridgehead atoms. The Morgan fingerprint density at radius 1 is 1.21 bits per heavy atom. The van der Waals surface area contributed by atoms with E-state index < -0.39 is 10.0 Å². The first-order valence-electron chi connectivity index (χ1n) is 7.12. The van der Waals surface area contributed by atoms with Crippen molar-refractivity contribution in [3.63, 3.8) is 0 Å². The molecule has 0 atom stereocenters. The lowest BCUT2D eigenvalue weighted by Gasteiger charge is -2.29. The van der Waals surface area contributed by atoms with Crippen molar-refractivity contribution in [2.24, 2.45) is 0 Å². The summed E-state index contributed by atoms with van der Waals surface area (Å²) in [5.74, 6) is 0.0333. The molecule has 24 heavy (non-hydrogen) atoms. The van der Waals surface area contributed by atoms with Gasteiger partial charge in [0, 0.05) is 24.7 Å². The highest BCUT2D eigenvalue weighted by molar-refractivity contribution is 7.89. The van der Waals surface area contributed by atoms with Gasteiger partial charge in [-0.2, -0.15) is 4.31 Å². The zero-order valence-corrected chi connectivity index (χ0v) is 14.1. The number of aromatic nitrogens is 2. The second-order valence-electron chi connectivity index (χ2n) is 5.02. The number of hydrogen-bond acceptors (Lipinski definition) is 6. The van der Waals surface area contributed by atoms with Gasteiger partial charge in [0.2, 0.25) is 21.7 Å². The van der Waals surface area contributed by atoms with Crippen molar-refractivity contribution in [3.05, 3.63) is 35.5 Å². The predicted octanol–water partition coefficient (Wildman–Crippen LogP) is -0.174. The minimum Gasteiger partial charge on any atom is -0.290 e. The van der Waals surface area contributed by atoms with E-state index in [4.69, 9.17) is 16.1 Å². The van der Waals surface area contributed by atoms with Gasteiger partial charge in [0.15, 0.2) is 0 Å².